The molecule has 2 heteroatoms. The van der Waals surface area contributed by atoms with Gasteiger partial charge in [-0.3, -0.25) is 0 Å². The molecule has 1 atom stereocenters. The van der Waals surface area contributed by atoms with Gasteiger partial charge in [0.15, 0.2) is 0 Å². The molecule has 10 heavy (non-hydrogen) atoms. The molecule has 0 aromatic carbocycles. The van der Waals surface area contributed by atoms with Crippen molar-refractivity contribution in [3.63, 3.8) is 0 Å². The second-order valence-electron chi connectivity index (χ2n) is 3.20. The Bertz CT molecular complexity index is 89.3. The quantitative estimate of drug-likeness (QED) is 0.603. The maximum Gasteiger partial charge on any atom is 0.0690 e. The number of rotatable bonds is 2. The molecule has 60 valence electrons. The molecule has 0 amide bonds. The average Bonchev–Trinajstić information content (AvgIpc) is 2.05. The molecule has 2 nitrogen and oxygen atoms in total. The third-order valence-electron chi connectivity index (χ3n) is 2.44. The Morgan fingerprint density at radius 3 is 2.40 bits per heavy atom. The second kappa shape index (κ2) is 3.94. The van der Waals surface area contributed by atoms with Gasteiger partial charge >= 0.3 is 0 Å². The van der Waals surface area contributed by atoms with Crippen molar-refractivity contribution in [1.29, 1.82) is 0 Å². The van der Waals surface area contributed by atoms with Gasteiger partial charge in [0.1, 0.15) is 0 Å². The summed E-state index contributed by atoms with van der Waals surface area (Å²) in [6, 6.07) is 0. The first-order valence-electron chi connectivity index (χ1n) is 4.22. The molecule has 0 saturated heterocycles. The largest absolute Gasteiger partial charge is 0.392 e. The third-order valence-corrected chi connectivity index (χ3v) is 2.44. The molecule has 0 heterocycles. The van der Waals surface area contributed by atoms with Crippen LogP contribution in [0.25, 0.3) is 0 Å². The smallest absolute Gasteiger partial charge is 0.0690 e. The lowest BCUT2D eigenvalue weighted by Crippen LogP contribution is -2.30. The van der Waals surface area contributed by atoms with Gasteiger partial charge in [-0.25, -0.2) is 0 Å². The van der Waals surface area contributed by atoms with Gasteiger partial charge in [-0.15, -0.1) is 0 Å². The van der Waals surface area contributed by atoms with E-state index in [0.29, 0.717) is 12.5 Å². The van der Waals surface area contributed by atoms with E-state index < -0.39 is 0 Å². The van der Waals surface area contributed by atoms with Gasteiger partial charge in [-0.2, -0.15) is 0 Å². The first-order valence-corrected chi connectivity index (χ1v) is 4.22. The first-order chi connectivity index (χ1) is 4.84. The second-order valence-corrected chi connectivity index (χ2v) is 3.20. The summed E-state index contributed by atoms with van der Waals surface area (Å²) in [5.74, 6) is 0.499. The Kier molecular flexibility index (Phi) is 3.16. The SMILES string of the molecule is NC[C@@H](O)C1CCCCC1. The standard InChI is InChI=1S/C8H17NO/c9-6-8(10)7-4-2-1-3-5-7/h7-8,10H,1-6,9H2/t8-/m1/s1. The van der Waals surface area contributed by atoms with Crippen LogP contribution in [0.2, 0.25) is 0 Å². The van der Waals surface area contributed by atoms with Crippen molar-refractivity contribution in [2.45, 2.75) is 38.2 Å². The van der Waals surface area contributed by atoms with E-state index in [2.05, 4.69) is 0 Å². The van der Waals surface area contributed by atoms with Gasteiger partial charge in [-0.1, -0.05) is 19.3 Å². The van der Waals surface area contributed by atoms with E-state index in [-0.39, 0.29) is 6.10 Å². The summed E-state index contributed by atoms with van der Waals surface area (Å²) in [5, 5.41) is 9.36. The van der Waals surface area contributed by atoms with Gasteiger partial charge in [0.2, 0.25) is 0 Å². The summed E-state index contributed by atoms with van der Waals surface area (Å²) in [7, 11) is 0. The van der Waals surface area contributed by atoms with E-state index in [1.54, 1.807) is 0 Å². The van der Waals surface area contributed by atoms with Crippen LogP contribution >= 0.6 is 0 Å². The fraction of sp³-hybridized carbons (Fsp3) is 1.00. The minimum Gasteiger partial charge on any atom is -0.392 e. The summed E-state index contributed by atoms with van der Waals surface area (Å²) < 4.78 is 0. The highest BCUT2D eigenvalue weighted by Crippen LogP contribution is 2.25. The highest BCUT2D eigenvalue weighted by molar-refractivity contribution is 4.73. The van der Waals surface area contributed by atoms with Crippen molar-refractivity contribution >= 4 is 0 Å². The summed E-state index contributed by atoms with van der Waals surface area (Å²) in [6.07, 6.45) is 6.02. The Morgan fingerprint density at radius 1 is 1.30 bits per heavy atom. The zero-order valence-electron chi connectivity index (χ0n) is 6.42. The maximum absolute atomic E-state index is 9.36. The van der Waals surface area contributed by atoms with Gasteiger partial charge in [-0.05, 0) is 18.8 Å². The lowest BCUT2D eigenvalue weighted by molar-refractivity contribution is 0.0920. The molecule has 0 unspecified atom stereocenters. The lowest BCUT2D eigenvalue weighted by Gasteiger charge is -2.25. The number of nitrogens with two attached hydrogens (primary N) is 1. The Morgan fingerprint density at radius 2 is 1.90 bits per heavy atom. The van der Waals surface area contributed by atoms with E-state index in [1.807, 2.05) is 0 Å². The predicted molar refractivity (Wildman–Crippen MR) is 41.6 cm³/mol. The Labute approximate surface area is 62.4 Å². The van der Waals surface area contributed by atoms with Crippen LogP contribution in [-0.4, -0.2) is 17.8 Å². The van der Waals surface area contributed by atoms with Crippen LogP contribution < -0.4 is 5.73 Å². The van der Waals surface area contributed by atoms with E-state index in [9.17, 15) is 5.11 Å². The maximum atomic E-state index is 9.36. The van der Waals surface area contributed by atoms with Gasteiger partial charge in [0, 0.05) is 6.54 Å². The van der Waals surface area contributed by atoms with Crippen molar-refractivity contribution in [1.82, 2.24) is 0 Å². The zero-order chi connectivity index (χ0) is 7.40. The van der Waals surface area contributed by atoms with Crippen LogP contribution in [0.4, 0.5) is 0 Å². The van der Waals surface area contributed by atoms with Crippen LogP contribution in [-0.2, 0) is 0 Å². The fourth-order valence-electron chi connectivity index (χ4n) is 1.71. The Hall–Kier alpha value is -0.0800. The van der Waals surface area contributed by atoms with Crippen LogP contribution in [0.5, 0.6) is 0 Å². The lowest BCUT2D eigenvalue weighted by atomic mass is 9.85. The Balaban J connectivity index is 2.24. The summed E-state index contributed by atoms with van der Waals surface area (Å²) in [4.78, 5) is 0. The number of aliphatic hydroxyl groups is 1. The third kappa shape index (κ3) is 1.96. The van der Waals surface area contributed by atoms with Crippen molar-refractivity contribution in [3.05, 3.63) is 0 Å². The van der Waals surface area contributed by atoms with E-state index >= 15 is 0 Å². The van der Waals surface area contributed by atoms with Gasteiger partial charge in [0.05, 0.1) is 6.10 Å². The van der Waals surface area contributed by atoms with E-state index in [4.69, 9.17) is 5.73 Å². The topological polar surface area (TPSA) is 46.2 Å². The molecule has 0 bridgehead atoms. The number of aliphatic hydroxyl groups excluding tert-OH is 1. The number of hydrogen-bond acceptors (Lipinski definition) is 2. The van der Waals surface area contributed by atoms with Crippen LogP contribution in [0.15, 0.2) is 0 Å². The minimum absolute atomic E-state index is 0.236. The first kappa shape index (κ1) is 8.02. The van der Waals surface area contributed by atoms with Crippen LogP contribution in [0.3, 0.4) is 0 Å². The molecule has 1 fully saturated rings. The molecule has 3 N–H and O–H groups in total. The summed E-state index contributed by atoms with van der Waals surface area (Å²) >= 11 is 0. The molecule has 1 aliphatic carbocycles. The van der Waals surface area contributed by atoms with Crippen molar-refractivity contribution in [3.8, 4) is 0 Å². The van der Waals surface area contributed by atoms with Gasteiger partial charge < -0.3 is 10.8 Å². The zero-order valence-corrected chi connectivity index (χ0v) is 6.42. The summed E-state index contributed by atoms with van der Waals surface area (Å²) in [6.45, 7) is 0.435. The predicted octanol–water partition coefficient (Wildman–Crippen LogP) is 0.886. The molecule has 1 rings (SSSR count). The molecule has 0 spiro atoms. The molecular formula is C8H17NO. The molecule has 1 aliphatic rings. The molecule has 0 radical (unpaired) electrons. The van der Waals surface area contributed by atoms with Crippen molar-refractivity contribution in [2.75, 3.05) is 6.54 Å². The highest BCUT2D eigenvalue weighted by Gasteiger charge is 2.19. The van der Waals surface area contributed by atoms with Crippen LogP contribution in [0, 0.1) is 5.92 Å². The van der Waals surface area contributed by atoms with Crippen molar-refractivity contribution < 1.29 is 5.11 Å². The highest BCUT2D eigenvalue weighted by atomic mass is 16.3. The molecule has 0 aromatic heterocycles. The molecular weight excluding hydrogens is 126 g/mol. The normalized spacial score (nSPS) is 24.6. The van der Waals surface area contributed by atoms with Gasteiger partial charge in [0.25, 0.3) is 0 Å². The van der Waals surface area contributed by atoms with E-state index in [1.165, 1.54) is 32.1 Å². The monoisotopic (exact) mass is 143 g/mol. The summed E-state index contributed by atoms with van der Waals surface area (Å²) in [5.41, 5.74) is 5.35. The van der Waals surface area contributed by atoms with Crippen LogP contribution in [0.1, 0.15) is 32.1 Å². The number of hydrogen-bond donors (Lipinski definition) is 2. The van der Waals surface area contributed by atoms with Crippen molar-refractivity contribution in [2.24, 2.45) is 11.7 Å². The van der Waals surface area contributed by atoms with E-state index in [0.717, 1.165) is 0 Å². The average molecular weight is 143 g/mol. The molecule has 0 aromatic rings. The fourth-order valence-corrected chi connectivity index (χ4v) is 1.71. The molecule has 1 saturated carbocycles. The molecule has 0 aliphatic heterocycles. The minimum atomic E-state index is -0.236.